The molecule has 5 nitrogen and oxygen atoms in total. The molecule has 5 heteroatoms. The van der Waals surface area contributed by atoms with Crippen LogP contribution in [0.2, 0.25) is 0 Å². The number of aromatic nitrogens is 3. The molecule has 128 valence electrons. The van der Waals surface area contributed by atoms with Crippen LogP contribution in [0.3, 0.4) is 0 Å². The average Bonchev–Trinajstić information content (AvgIpc) is 3.11. The highest BCUT2D eigenvalue weighted by atomic mass is 15.3. The molecule has 0 atom stereocenters. The summed E-state index contributed by atoms with van der Waals surface area (Å²) in [7, 11) is 0. The maximum atomic E-state index is 8.21. The zero-order valence-electron chi connectivity index (χ0n) is 14.9. The van der Waals surface area contributed by atoms with E-state index >= 15 is 0 Å². The molecule has 0 amide bonds. The quantitative estimate of drug-likeness (QED) is 0.679. The SMILES string of the molecule is CCC(=N)c1ccc(-c2ccnn2-c2ccccc2)nc1[NH2+]C(C)C. The number of para-hydroxylation sites is 1. The highest BCUT2D eigenvalue weighted by Crippen LogP contribution is 2.23. The fraction of sp³-hybridized carbons (Fsp3) is 0.250. The van der Waals surface area contributed by atoms with E-state index in [4.69, 9.17) is 10.4 Å². The Morgan fingerprint density at radius 3 is 2.56 bits per heavy atom. The Kier molecular flexibility index (Phi) is 5.05. The van der Waals surface area contributed by atoms with Crippen LogP contribution in [-0.2, 0) is 0 Å². The van der Waals surface area contributed by atoms with Crippen molar-refractivity contribution in [2.75, 3.05) is 0 Å². The fourth-order valence-electron chi connectivity index (χ4n) is 2.78. The van der Waals surface area contributed by atoms with E-state index in [0.29, 0.717) is 18.2 Å². The van der Waals surface area contributed by atoms with Gasteiger partial charge in [0.2, 0.25) is 5.82 Å². The first-order chi connectivity index (χ1) is 12.1. The third-order valence-electron chi connectivity index (χ3n) is 4.00. The lowest BCUT2D eigenvalue weighted by atomic mass is 10.1. The van der Waals surface area contributed by atoms with Gasteiger partial charge in [0.25, 0.3) is 0 Å². The molecule has 2 aromatic heterocycles. The van der Waals surface area contributed by atoms with E-state index in [1.165, 1.54) is 0 Å². The number of hydrogen-bond acceptors (Lipinski definition) is 3. The Labute approximate surface area is 148 Å². The van der Waals surface area contributed by atoms with Crippen molar-refractivity contribution in [3.63, 3.8) is 0 Å². The molecule has 1 aromatic carbocycles. The summed E-state index contributed by atoms with van der Waals surface area (Å²) < 4.78 is 1.90. The lowest BCUT2D eigenvalue weighted by Gasteiger charge is -2.12. The first-order valence-electron chi connectivity index (χ1n) is 8.63. The number of nitrogens with zero attached hydrogens (tertiary/aromatic N) is 3. The van der Waals surface area contributed by atoms with Crippen molar-refractivity contribution < 1.29 is 5.32 Å². The molecule has 2 heterocycles. The van der Waals surface area contributed by atoms with Crippen molar-refractivity contribution in [3.8, 4) is 17.1 Å². The van der Waals surface area contributed by atoms with E-state index in [2.05, 4.69) is 24.3 Å². The van der Waals surface area contributed by atoms with Gasteiger partial charge in [0, 0.05) is 5.71 Å². The summed E-state index contributed by atoms with van der Waals surface area (Å²) in [6.45, 7) is 6.25. The summed E-state index contributed by atoms with van der Waals surface area (Å²) in [5, 5.41) is 14.8. The van der Waals surface area contributed by atoms with E-state index in [1.807, 2.05) is 60.1 Å². The molecule has 0 fully saturated rings. The molecule has 0 radical (unpaired) electrons. The van der Waals surface area contributed by atoms with Gasteiger partial charge in [-0.1, -0.05) is 25.1 Å². The van der Waals surface area contributed by atoms with Gasteiger partial charge in [-0.15, -0.1) is 0 Å². The molecular formula is C20H24N5+. The summed E-state index contributed by atoms with van der Waals surface area (Å²) in [4.78, 5) is 4.85. The Hall–Kier alpha value is -2.79. The predicted octanol–water partition coefficient (Wildman–Crippen LogP) is 3.32. The number of nitrogens with one attached hydrogen (secondary N) is 1. The van der Waals surface area contributed by atoms with Crippen LogP contribution in [0.4, 0.5) is 5.82 Å². The van der Waals surface area contributed by atoms with Gasteiger partial charge in [-0.05, 0) is 50.6 Å². The summed E-state index contributed by atoms with van der Waals surface area (Å²) >= 11 is 0. The van der Waals surface area contributed by atoms with Gasteiger partial charge in [0.1, 0.15) is 0 Å². The van der Waals surface area contributed by atoms with Crippen LogP contribution in [0.1, 0.15) is 32.8 Å². The molecule has 0 aliphatic heterocycles. The minimum atomic E-state index is 0.366. The van der Waals surface area contributed by atoms with Crippen molar-refractivity contribution in [2.45, 2.75) is 33.2 Å². The number of hydrogen-bond donors (Lipinski definition) is 2. The number of nitrogens with two attached hydrogens (primary N) is 1. The van der Waals surface area contributed by atoms with Crippen LogP contribution in [0.5, 0.6) is 0 Å². The number of benzene rings is 1. The van der Waals surface area contributed by atoms with E-state index < -0.39 is 0 Å². The fourth-order valence-corrected chi connectivity index (χ4v) is 2.78. The summed E-state index contributed by atoms with van der Waals surface area (Å²) in [5.41, 5.74) is 4.33. The summed E-state index contributed by atoms with van der Waals surface area (Å²) in [6, 6.07) is 16.4. The summed E-state index contributed by atoms with van der Waals surface area (Å²) in [6.07, 6.45) is 2.49. The average molecular weight is 334 g/mol. The van der Waals surface area contributed by atoms with Crippen molar-refractivity contribution in [3.05, 3.63) is 60.3 Å². The molecule has 0 saturated carbocycles. The van der Waals surface area contributed by atoms with Gasteiger partial charge in [-0.2, -0.15) is 10.1 Å². The number of quaternary nitrogens is 1. The number of rotatable bonds is 6. The van der Waals surface area contributed by atoms with Crippen LogP contribution >= 0.6 is 0 Å². The van der Waals surface area contributed by atoms with Crippen LogP contribution in [0, 0.1) is 5.41 Å². The minimum absolute atomic E-state index is 0.366. The van der Waals surface area contributed by atoms with Crippen LogP contribution in [0.25, 0.3) is 17.1 Å². The second kappa shape index (κ2) is 7.40. The van der Waals surface area contributed by atoms with Gasteiger partial charge in [-0.3, -0.25) is 5.32 Å². The molecular weight excluding hydrogens is 310 g/mol. The lowest BCUT2D eigenvalue weighted by molar-refractivity contribution is -0.606. The highest BCUT2D eigenvalue weighted by molar-refractivity contribution is 6.01. The molecule has 3 N–H and O–H groups in total. The highest BCUT2D eigenvalue weighted by Gasteiger charge is 2.17. The van der Waals surface area contributed by atoms with Crippen LogP contribution in [0.15, 0.2) is 54.7 Å². The maximum absolute atomic E-state index is 8.21. The van der Waals surface area contributed by atoms with Crippen molar-refractivity contribution in [1.82, 2.24) is 14.8 Å². The van der Waals surface area contributed by atoms with Gasteiger partial charge < -0.3 is 5.41 Å². The molecule has 3 aromatic rings. The first-order valence-corrected chi connectivity index (χ1v) is 8.63. The Morgan fingerprint density at radius 2 is 1.88 bits per heavy atom. The first kappa shape index (κ1) is 17.0. The lowest BCUT2D eigenvalue weighted by Crippen LogP contribution is -2.83. The summed E-state index contributed by atoms with van der Waals surface area (Å²) in [5.74, 6) is 0.875. The van der Waals surface area contributed by atoms with Crippen LogP contribution < -0.4 is 5.32 Å². The number of pyridine rings is 1. The minimum Gasteiger partial charge on any atom is -0.304 e. The molecule has 0 unspecified atom stereocenters. The van der Waals surface area contributed by atoms with E-state index in [0.717, 1.165) is 28.5 Å². The smallest absolute Gasteiger partial charge is 0.234 e. The van der Waals surface area contributed by atoms with E-state index in [1.54, 1.807) is 6.20 Å². The molecule has 0 saturated heterocycles. The third-order valence-corrected chi connectivity index (χ3v) is 4.00. The maximum Gasteiger partial charge on any atom is 0.234 e. The van der Waals surface area contributed by atoms with Crippen molar-refractivity contribution in [2.24, 2.45) is 0 Å². The van der Waals surface area contributed by atoms with Gasteiger partial charge >= 0.3 is 0 Å². The monoisotopic (exact) mass is 334 g/mol. The van der Waals surface area contributed by atoms with E-state index in [-0.39, 0.29) is 0 Å². The third kappa shape index (κ3) is 3.67. The molecule has 0 aliphatic carbocycles. The van der Waals surface area contributed by atoms with Gasteiger partial charge in [-0.25, -0.2) is 4.68 Å². The normalized spacial score (nSPS) is 11.0. The molecule has 0 spiro atoms. The Morgan fingerprint density at radius 1 is 1.12 bits per heavy atom. The Balaban J connectivity index is 2.07. The second-order valence-electron chi connectivity index (χ2n) is 6.34. The molecule has 3 rings (SSSR count). The van der Waals surface area contributed by atoms with Crippen molar-refractivity contribution in [1.29, 1.82) is 5.41 Å². The molecule has 0 aliphatic rings. The standard InChI is InChI=1S/C20H23N5/c1-4-17(21)16-10-11-18(24-20(16)23-14(2)3)19-12-13-22-25(19)15-8-6-5-7-9-15/h5-14,21H,4H2,1-3H3,(H,23,24)/p+1. The zero-order valence-corrected chi connectivity index (χ0v) is 14.9. The predicted molar refractivity (Wildman–Crippen MR) is 101 cm³/mol. The molecule has 25 heavy (non-hydrogen) atoms. The molecule has 0 bridgehead atoms. The van der Waals surface area contributed by atoms with Gasteiger partial charge in [0.15, 0.2) is 0 Å². The van der Waals surface area contributed by atoms with Gasteiger partial charge in [0.05, 0.1) is 34.9 Å². The second-order valence-corrected chi connectivity index (χ2v) is 6.34. The topological polar surface area (TPSA) is 71.2 Å². The van der Waals surface area contributed by atoms with Crippen LogP contribution in [-0.4, -0.2) is 26.5 Å². The largest absolute Gasteiger partial charge is 0.304 e. The van der Waals surface area contributed by atoms with Crippen molar-refractivity contribution >= 4 is 11.5 Å². The Bertz CT molecular complexity index is 865. The zero-order chi connectivity index (χ0) is 17.8. The van der Waals surface area contributed by atoms with E-state index in [9.17, 15) is 0 Å².